The van der Waals surface area contributed by atoms with Crippen LogP contribution in [0.1, 0.15) is 36.5 Å². The number of unbranched alkanes of at least 4 members (excludes halogenated alkanes) is 1. The molecule has 0 fully saturated rings. The molecule has 0 atom stereocenters. The highest BCUT2D eigenvalue weighted by molar-refractivity contribution is 7.88. The molecule has 0 bridgehead atoms. The summed E-state index contributed by atoms with van der Waals surface area (Å²) in [4.78, 5) is 0. The molecule has 0 aliphatic rings. The normalized spacial score (nSPS) is 12.5. The summed E-state index contributed by atoms with van der Waals surface area (Å²) in [7, 11) is -5.61. The van der Waals surface area contributed by atoms with Gasteiger partial charge in [-0.2, -0.15) is 21.6 Å². The van der Waals surface area contributed by atoms with Crippen LogP contribution in [0.15, 0.2) is 12.1 Å². The number of alkyl halides is 3. The molecule has 0 heterocycles. The van der Waals surface area contributed by atoms with Gasteiger partial charge in [0.15, 0.2) is 0 Å². The SMILES string of the molecule is CCCCc1c(C)cc(OS(=O)(=O)C(F)(F)F)cc1C. The Morgan fingerprint density at radius 2 is 1.65 bits per heavy atom. The average Bonchev–Trinajstić information content (AvgIpc) is 2.25. The van der Waals surface area contributed by atoms with Gasteiger partial charge in [-0.25, -0.2) is 0 Å². The zero-order valence-electron chi connectivity index (χ0n) is 11.5. The Morgan fingerprint density at radius 3 is 2.05 bits per heavy atom. The maximum absolute atomic E-state index is 12.3. The molecule has 0 N–H and O–H groups in total. The van der Waals surface area contributed by atoms with Crippen LogP contribution in [-0.4, -0.2) is 13.9 Å². The van der Waals surface area contributed by atoms with Gasteiger partial charge in [-0.3, -0.25) is 0 Å². The van der Waals surface area contributed by atoms with Crippen LogP contribution in [-0.2, 0) is 16.5 Å². The molecule has 0 unspecified atom stereocenters. The lowest BCUT2D eigenvalue weighted by molar-refractivity contribution is -0.0500. The van der Waals surface area contributed by atoms with Gasteiger partial charge >= 0.3 is 15.6 Å². The molecule has 1 aromatic carbocycles. The third kappa shape index (κ3) is 3.88. The van der Waals surface area contributed by atoms with Crippen molar-refractivity contribution in [3.63, 3.8) is 0 Å². The quantitative estimate of drug-likeness (QED) is 0.612. The molecule has 7 heteroatoms. The van der Waals surface area contributed by atoms with Gasteiger partial charge < -0.3 is 4.18 Å². The molecule has 1 rings (SSSR count). The summed E-state index contributed by atoms with van der Waals surface area (Å²) in [5, 5.41) is 0. The minimum atomic E-state index is -5.61. The maximum Gasteiger partial charge on any atom is 0.534 e. The number of benzene rings is 1. The lowest BCUT2D eigenvalue weighted by Gasteiger charge is -2.14. The highest BCUT2D eigenvalue weighted by Gasteiger charge is 2.48. The van der Waals surface area contributed by atoms with E-state index < -0.39 is 15.6 Å². The molecule has 0 aromatic heterocycles. The van der Waals surface area contributed by atoms with E-state index in [9.17, 15) is 21.6 Å². The summed E-state index contributed by atoms with van der Waals surface area (Å²) < 4.78 is 62.8. The summed E-state index contributed by atoms with van der Waals surface area (Å²) in [6, 6.07) is 2.64. The van der Waals surface area contributed by atoms with Gasteiger partial charge in [0.1, 0.15) is 5.75 Å². The van der Waals surface area contributed by atoms with Crippen molar-refractivity contribution in [1.29, 1.82) is 0 Å². The van der Waals surface area contributed by atoms with E-state index in [-0.39, 0.29) is 5.75 Å². The van der Waals surface area contributed by atoms with E-state index in [1.807, 2.05) is 6.92 Å². The third-order valence-corrected chi connectivity index (χ3v) is 3.92. The molecule has 3 nitrogen and oxygen atoms in total. The molecule has 0 radical (unpaired) electrons. The number of aryl methyl sites for hydroxylation is 2. The van der Waals surface area contributed by atoms with Crippen molar-refractivity contribution in [2.75, 3.05) is 0 Å². The van der Waals surface area contributed by atoms with Crippen LogP contribution in [0, 0.1) is 13.8 Å². The van der Waals surface area contributed by atoms with E-state index in [1.54, 1.807) is 13.8 Å². The van der Waals surface area contributed by atoms with Gasteiger partial charge in [0.2, 0.25) is 0 Å². The third-order valence-electron chi connectivity index (χ3n) is 2.94. The first-order valence-electron chi connectivity index (χ1n) is 6.19. The lowest BCUT2D eigenvalue weighted by Crippen LogP contribution is -2.28. The van der Waals surface area contributed by atoms with Crippen LogP contribution in [0.2, 0.25) is 0 Å². The van der Waals surface area contributed by atoms with Crippen LogP contribution < -0.4 is 4.18 Å². The number of hydrogen-bond acceptors (Lipinski definition) is 3. The molecule has 0 aliphatic heterocycles. The molecule has 1 aromatic rings. The van der Waals surface area contributed by atoms with Crippen molar-refractivity contribution in [2.24, 2.45) is 0 Å². The topological polar surface area (TPSA) is 43.4 Å². The molecule has 0 aliphatic carbocycles. The Kier molecular flexibility index (Phi) is 5.07. The van der Waals surface area contributed by atoms with Gasteiger partial charge in [-0.1, -0.05) is 13.3 Å². The van der Waals surface area contributed by atoms with E-state index in [4.69, 9.17) is 0 Å². The van der Waals surface area contributed by atoms with Crippen LogP contribution in [0.4, 0.5) is 13.2 Å². The van der Waals surface area contributed by atoms with Gasteiger partial charge in [0.25, 0.3) is 0 Å². The first-order chi connectivity index (χ1) is 9.08. The molecule has 0 saturated carbocycles. The Labute approximate surface area is 116 Å². The van der Waals surface area contributed by atoms with Crippen molar-refractivity contribution in [2.45, 2.75) is 45.5 Å². The van der Waals surface area contributed by atoms with Crippen LogP contribution in [0.25, 0.3) is 0 Å². The molecular formula is C13H17F3O3S. The molecule has 114 valence electrons. The van der Waals surface area contributed by atoms with Crippen molar-refractivity contribution < 1.29 is 25.8 Å². The average molecular weight is 310 g/mol. The zero-order valence-corrected chi connectivity index (χ0v) is 12.4. The summed E-state index contributed by atoms with van der Waals surface area (Å²) in [5.74, 6) is -0.308. The molecule has 0 amide bonds. The van der Waals surface area contributed by atoms with Crippen molar-refractivity contribution >= 4 is 10.1 Å². The van der Waals surface area contributed by atoms with Gasteiger partial charge in [-0.15, -0.1) is 0 Å². The van der Waals surface area contributed by atoms with Crippen LogP contribution in [0.3, 0.4) is 0 Å². The minimum Gasteiger partial charge on any atom is -0.376 e. The predicted octanol–water partition coefficient (Wildman–Crippen LogP) is 3.87. The summed E-state index contributed by atoms with van der Waals surface area (Å²) in [6.45, 7) is 5.49. The van der Waals surface area contributed by atoms with E-state index in [2.05, 4.69) is 4.18 Å². The first-order valence-corrected chi connectivity index (χ1v) is 7.60. The molecule has 0 spiro atoms. The smallest absolute Gasteiger partial charge is 0.376 e. The zero-order chi connectivity index (χ0) is 15.6. The van der Waals surface area contributed by atoms with Gasteiger partial charge in [0, 0.05) is 0 Å². The second kappa shape index (κ2) is 6.03. The van der Waals surface area contributed by atoms with Crippen molar-refractivity contribution in [3.8, 4) is 5.75 Å². The highest BCUT2D eigenvalue weighted by atomic mass is 32.2. The van der Waals surface area contributed by atoms with Crippen molar-refractivity contribution in [1.82, 2.24) is 0 Å². The van der Waals surface area contributed by atoms with E-state index in [0.29, 0.717) is 0 Å². The lowest BCUT2D eigenvalue weighted by atomic mass is 9.98. The fourth-order valence-electron chi connectivity index (χ4n) is 1.92. The summed E-state index contributed by atoms with van der Waals surface area (Å²) in [6.07, 6.45) is 2.77. The highest BCUT2D eigenvalue weighted by Crippen LogP contribution is 2.29. The standard InChI is InChI=1S/C13H17F3O3S/c1-4-5-6-12-9(2)7-11(8-10(12)3)19-20(17,18)13(14,15)16/h7-8H,4-6H2,1-3H3. The maximum atomic E-state index is 12.3. The number of rotatable bonds is 5. The van der Waals surface area contributed by atoms with Gasteiger partial charge in [-0.05, 0) is 55.5 Å². The molecular weight excluding hydrogens is 293 g/mol. The Balaban J connectivity index is 3.06. The second-order valence-corrected chi connectivity index (χ2v) is 6.16. The summed E-state index contributed by atoms with van der Waals surface area (Å²) in [5.41, 5.74) is -2.95. The number of hydrogen-bond donors (Lipinski definition) is 0. The fourth-order valence-corrected chi connectivity index (χ4v) is 2.37. The van der Waals surface area contributed by atoms with Crippen LogP contribution in [0.5, 0.6) is 5.75 Å². The molecule has 20 heavy (non-hydrogen) atoms. The van der Waals surface area contributed by atoms with E-state index >= 15 is 0 Å². The van der Waals surface area contributed by atoms with E-state index in [0.717, 1.165) is 36.0 Å². The first kappa shape index (κ1) is 16.8. The van der Waals surface area contributed by atoms with Crippen molar-refractivity contribution in [3.05, 3.63) is 28.8 Å². The molecule has 0 saturated heterocycles. The van der Waals surface area contributed by atoms with E-state index in [1.165, 1.54) is 12.1 Å². The second-order valence-electron chi connectivity index (χ2n) is 4.62. The van der Waals surface area contributed by atoms with Crippen LogP contribution >= 0.6 is 0 Å². The Morgan fingerprint density at radius 1 is 1.15 bits per heavy atom. The monoisotopic (exact) mass is 310 g/mol. The number of halogens is 3. The Hall–Kier alpha value is -1.24. The predicted molar refractivity (Wildman–Crippen MR) is 70.1 cm³/mol. The minimum absolute atomic E-state index is 0.308. The Bertz CT molecular complexity index is 554. The van der Waals surface area contributed by atoms with Gasteiger partial charge in [0.05, 0.1) is 0 Å². The largest absolute Gasteiger partial charge is 0.534 e. The fraction of sp³-hybridized carbons (Fsp3) is 0.538. The summed E-state index contributed by atoms with van der Waals surface area (Å²) >= 11 is 0.